The first-order valence-electron chi connectivity index (χ1n) is 7.88. The summed E-state index contributed by atoms with van der Waals surface area (Å²) in [5.74, 6) is 6.36. The summed E-state index contributed by atoms with van der Waals surface area (Å²) in [6, 6.07) is 10.4. The average Bonchev–Trinajstić information content (AvgIpc) is 2.54. The second-order valence-electron chi connectivity index (χ2n) is 5.87. The van der Waals surface area contributed by atoms with Crippen LogP contribution in [0.15, 0.2) is 41.5 Å². The topological polar surface area (TPSA) is 41.4 Å². The Bertz CT molecular complexity index is 750. The standard InChI is InChI=1S/C19H21ClN4/c1-14(2)24(15(3)4)13-22-19-21-12-17(18(20)23-19)11-10-16-8-6-5-7-9-16/h5-9,12-15H,1-4H3/b22-13+. The normalized spacial score (nSPS) is 11.0. The van der Waals surface area contributed by atoms with Crippen LogP contribution in [0, 0.1) is 11.8 Å². The Morgan fingerprint density at radius 3 is 2.33 bits per heavy atom. The molecule has 1 aromatic heterocycles. The van der Waals surface area contributed by atoms with Crippen molar-refractivity contribution in [3.8, 4) is 11.8 Å². The maximum atomic E-state index is 6.19. The Morgan fingerprint density at radius 1 is 1.08 bits per heavy atom. The van der Waals surface area contributed by atoms with E-state index in [9.17, 15) is 0 Å². The molecule has 24 heavy (non-hydrogen) atoms. The van der Waals surface area contributed by atoms with E-state index in [2.05, 4.69) is 59.4 Å². The Morgan fingerprint density at radius 2 is 1.75 bits per heavy atom. The monoisotopic (exact) mass is 340 g/mol. The molecular formula is C19H21ClN4. The molecule has 5 heteroatoms. The lowest BCUT2D eigenvalue weighted by Crippen LogP contribution is -2.35. The molecule has 0 aliphatic rings. The first kappa shape index (κ1) is 18.0. The van der Waals surface area contributed by atoms with Gasteiger partial charge in [0.2, 0.25) is 0 Å². The van der Waals surface area contributed by atoms with Crippen LogP contribution in [0.3, 0.4) is 0 Å². The van der Waals surface area contributed by atoms with Crippen molar-refractivity contribution in [3.63, 3.8) is 0 Å². The summed E-state index contributed by atoms with van der Waals surface area (Å²) >= 11 is 6.19. The highest BCUT2D eigenvalue weighted by atomic mass is 35.5. The van der Waals surface area contributed by atoms with E-state index < -0.39 is 0 Å². The number of hydrogen-bond acceptors (Lipinski definition) is 3. The van der Waals surface area contributed by atoms with Crippen LogP contribution in [-0.2, 0) is 0 Å². The van der Waals surface area contributed by atoms with Crippen molar-refractivity contribution in [2.45, 2.75) is 39.8 Å². The molecule has 0 unspecified atom stereocenters. The van der Waals surface area contributed by atoms with E-state index >= 15 is 0 Å². The average molecular weight is 341 g/mol. The van der Waals surface area contributed by atoms with E-state index in [1.165, 1.54) is 0 Å². The molecule has 0 bridgehead atoms. The second-order valence-corrected chi connectivity index (χ2v) is 6.23. The van der Waals surface area contributed by atoms with Crippen molar-refractivity contribution in [2.24, 2.45) is 4.99 Å². The minimum Gasteiger partial charge on any atom is -0.358 e. The highest BCUT2D eigenvalue weighted by molar-refractivity contribution is 6.30. The van der Waals surface area contributed by atoms with E-state index in [1.54, 1.807) is 12.5 Å². The van der Waals surface area contributed by atoms with E-state index in [1.807, 2.05) is 30.3 Å². The quantitative estimate of drug-likeness (QED) is 0.360. The lowest BCUT2D eigenvalue weighted by atomic mass is 10.2. The molecule has 4 nitrogen and oxygen atoms in total. The van der Waals surface area contributed by atoms with Crippen LogP contribution in [0.5, 0.6) is 0 Å². The highest BCUT2D eigenvalue weighted by Crippen LogP contribution is 2.15. The number of halogens is 1. The molecule has 0 saturated carbocycles. The maximum Gasteiger partial charge on any atom is 0.252 e. The molecule has 0 radical (unpaired) electrons. The molecular weight excluding hydrogens is 320 g/mol. The van der Waals surface area contributed by atoms with Gasteiger partial charge in [0, 0.05) is 23.8 Å². The van der Waals surface area contributed by atoms with Crippen LogP contribution in [0.25, 0.3) is 0 Å². The molecule has 0 saturated heterocycles. The van der Waals surface area contributed by atoms with Crippen LogP contribution in [0.2, 0.25) is 5.15 Å². The van der Waals surface area contributed by atoms with Crippen molar-refractivity contribution in [1.82, 2.24) is 14.9 Å². The number of benzene rings is 1. The predicted octanol–water partition coefficient (Wildman–Crippen LogP) is 4.31. The Kier molecular flexibility index (Phi) is 6.34. The molecule has 0 aliphatic carbocycles. The van der Waals surface area contributed by atoms with Gasteiger partial charge < -0.3 is 4.90 Å². The fourth-order valence-electron chi connectivity index (χ4n) is 2.14. The van der Waals surface area contributed by atoms with Crippen LogP contribution in [-0.4, -0.2) is 33.3 Å². The minimum absolute atomic E-state index is 0.307. The lowest BCUT2D eigenvalue weighted by molar-refractivity contribution is 0.301. The van der Waals surface area contributed by atoms with Gasteiger partial charge in [-0.3, -0.25) is 0 Å². The summed E-state index contributed by atoms with van der Waals surface area (Å²) in [4.78, 5) is 14.9. The van der Waals surface area contributed by atoms with Gasteiger partial charge in [0.25, 0.3) is 5.95 Å². The van der Waals surface area contributed by atoms with Crippen molar-refractivity contribution in [2.75, 3.05) is 0 Å². The fraction of sp³-hybridized carbons (Fsp3) is 0.316. The number of aromatic nitrogens is 2. The SMILES string of the molecule is CC(C)N(/C=N/c1ncc(C#Cc2ccccc2)c(Cl)n1)C(C)C. The van der Waals surface area contributed by atoms with E-state index in [0.717, 1.165) is 5.56 Å². The minimum atomic E-state index is 0.307. The third kappa shape index (κ3) is 5.07. The molecule has 1 heterocycles. The summed E-state index contributed by atoms with van der Waals surface area (Å²) in [6.07, 6.45) is 3.36. The van der Waals surface area contributed by atoms with Crippen molar-refractivity contribution in [3.05, 3.63) is 52.8 Å². The molecule has 124 valence electrons. The zero-order valence-electron chi connectivity index (χ0n) is 14.4. The van der Waals surface area contributed by atoms with E-state index in [4.69, 9.17) is 11.6 Å². The van der Waals surface area contributed by atoms with Crippen molar-refractivity contribution < 1.29 is 0 Å². The number of rotatable bonds is 4. The van der Waals surface area contributed by atoms with Gasteiger partial charge in [0.15, 0.2) is 0 Å². The van der Waals surface area contributed by atoms with Crippen LogP contribution < -0.4 is 0 Å². The summed E-state index contributed by atoms with van der Waals surface area (Å²) < 4.78 is 0. The third-order valence-electron chi connectivity index (χ3n) is 3.34. The summed E-state index contributed by atoms with van der Waals surface area (Å²) in [6.45, 7) is 8.45. The van der Waals surface area contributed by atoms with Gasteiger partial charge >= 0.3 is 0 Å². The number of hydrogen-bond donors (Lipinski definition) is 0. The summed E-state index contributed by atoms with van der Waals surface area (Å²) in [7, 11) is 0. The van der Waals surface area contributed by atoms with E-state index in [-0.39, 0.29) is 0 Å². The Balaban J connectivity index is 2.17. The molecule has 2 aromatic rings. The molecule has 0 fully saturated rings. The molecule has 0 amide bonds. The lowest BCUT2D eigenvalue weighted by Gasteiger charge is -2.27. The Hall–Kier alpha value is -2.38. The second kappa shape index (κ2) is 8.47. The van der Waals surface area contributed by atoms with Gasteiger partial charge in [0.05, 0.1) is 11.9 Å². The first-order valence-corrected chi connectivity index (χ1v) is 8.26. The molecule has 0 N–H and O–H groups in total. The van der Waals surface area contributed by atoms with Gasteiger partial charge in [-0.05, 0) is 39.8 Å². The van der Waals surface area contributed by atoms with Crippen molar-refractivity contribution >= 4 is 23.9 Å². The predicted molar refractivity (Wildman–Crippen MR) is 99.7 cm³/mol. The summed E-state index contributed by atoms with van der Waals surface area (Å²) in [5, 5.41) is 0.307. The van der Waals surface area contributed by atoms with Gasteiger partial charge in [-0.1, -0.05) is 41.6 Å². The zero-order valence-corrected chi connectivity index (χ0v) is 15.1. The van der Waals surface area contributed by atoms with Crippen LogP contribution >= 0.6 is 11.6 Å². The Labute approximate surface area is 148 Å². The molecule has 0 spiro atoms. The number of aliphatic imine (C=N–C) groups is 1. The summed E-state index contributed by atoms with van der Waals surface area (Å²) in [5.41, 5.74) is 1.50. The van der Waals surface area contributed by atoms with Crippen LogP contribution in [0.4, 0.5) is 5.95 Å². The molecule has 1 aromatic carbocycles. The molecule has 2 rings (SSSR count). The van der Waals surface area contributed by atoms with Gasteiger partial charge in [-0.25, -0.2) is 9.98 Å². The smallest absolute Gasteiger partial charge is 0.252 e. The fourth-order valence-corrected chi connectivity index (χ4v) is 2.31. The maximum absolute atomic E-state index is 6.19. The third-order valence-corrected chi connectivity index (χ3v) is 3.63. The first-order chi connectivity index (χ1) is 11.5. The van der Waals surface area contributed by atoms with Crippen molar-refractivity contribution in [1.29, 1.82) is 0 Å². The van der Waals surface area contributed by atoms with Gasteiger partial charge in [-0.15, -0.1) is 0 Å². The van der Waals surface area contributed by atoms with Crippen LogP contribution in [0.1, 0.15) is 38.8 Å². The van der Waals surface area contributed by atoms with Gasteiger partial charge in [-0.2, -0.15) is 4.98 Å². The van der Waals surface area contributed by atoms with E-state index in [0.29, 0.717) is 28.7 Å². The highest BCUT2D eigenvalue weighted by Gasteiger charge is 2.09. The largest absolute Gasteiger partial charge is 0.358 e. The molecule has 0 aliphatic heterocycles. The number of nitrogens with zero attached hydrogens (tertiary/aromatic N) is 4. The zero-order chi connectivity index (χ0) is 17.5. The van der Waals surface area contributed by atoms with Gasteiger partial charge in [0.1, 0.15) is 5.15 Å². The molecule has 0 atom stereocenters.